The average molecular weight is 410 g/mol. The van der Waals surface area contributed by atoms with Crippen LogP contribution in [0.15, 0.2) is 53.7 Å². The van der Waals surface area contributed by atoms with Gasteiger partial charge in [0.25, 0.3) is 0 Å². The summed E-state index contributed by atoms with van der Waals surface area (Å²) in [5.74, 6) is 6.68. The van der Waals surface area contributed by atoms with Crippen molar-refractivity contribution in [1.82, 2.24) is 14.9 Å². The van der Waals surface area contributed by atoms with Gasteiger partial charge in [0.15, 0.2) is 5.82 Å². The van der Waals surface area contributed by atoms with Crippen molar-refractivity contribution < 1.29 is 4.79 Å². The van der Waals surface area contributed by atoms with Crippen LogP contribution in [0.2, 0.25) is 0 Å². The lowest BCUT2D eigenvalue weighted by Gasteiger charge is -2.19. The summed E-state index contributed by atoms with van der Waals surface area (Å²) >= 11 is 1.28. The maximum Gasteiger partial charge on any atom is 0.237 e. The van der Waals surface area contributed by atoms with E-state index in [0.717, 1.165) is 16.8 Å². The van der Waals surface area contributed by atoms with Crippen LogP contribution in [0.1, 0.15) is 38.8 Å². The number of benzene rings is 2. The van der Waals surface area contributed by atoms with E-state index in [4.69, 9.17) is 5.84 Å². The number of nitrogens with zero attached hydrogens (tertiary/aromatic N) is 3. The number of carbonyl (C=O) groups excluding carboxylic acids is 1. The summed E-state index contributed by atoms with van der Waals surface area (Å²) in [6.07, 6.45) is 0. The van der Waals surface area contributed by atoms with Gasteiger partial charge in [-0.25, -0.2) is 4.68 Å². The van der Waals surface area contributed by atoms with Crippen molar-refractivity contribution in [3.8, 4) is 11.4 Å². The molecule has 0 saturated heterocycles. The largest absolute Gasteiger partial charge is 0.335 e. The summed E-state index contributed by atoms with van der Waals surface area (Å²) < 4.78 is 1.44. The van der Waals surface area contributed by atoms with E-state index in [2.05, 4.69) is 48.4 Å². The van der Waals surface area contributed by atoms with Gasteiger partial charge in [0.1, 0.15) is 0 Å². The Labute approximate surface area is 175 Å². The molecular formula is C22H27N5OS. The summed E-state index contributed by atoms with van der Waals surface area (Å²) in [6.45, 7) is 10.3. The van der Waals surface area contributed by atoms with E-state index in [-0.39, 0.29) is 16.6 Å². The Bertz CT molecular complexity index is 1000. The second kappa shape index (κ2) is 8.29. The van der Waals surface area contributed by atoms with Crippen LogP contribution in [-0.2, 0) is 10.2 Å². The molecule has 0 bridgehead atoms. The summed E-state index contributed by atoms with van der Waals surface area (Å²) in [5.41, 5.74) is 4.07. The van der Waals surface area contributed by atoms with Crippen molar-refractivity contribution in [1.29, 1.82) is 0 Å². The molecule has 0 unspecified atom stereocenters. The lowest BCUT2D eigenvalue weighted by molar-refractivity contribution is -0.115. The third kappa shape index (κ3) is 4.98. The SMILES string of the molecule is Cc1cccc(NC(=O)[C@@H](C)Sc2nnc(-c3ccc(C(C)(C)C)cc3)n2N)c1. The molecule has 7 heteroatoms. The van der Waals surface area contributed by atoms with Crippen LogP contribution in [0, 0.1) is 6.92 Å². The van der Waals surface area contributed by atoms with Crippen molar-refractivity contribution in [3.63, 3.8) is 0 Å². The van der Waals surface area contributed by atoms with E-state index in [1.54, 1.807) is 0 Å². The van der Waals surface area contributed by atoms with Crippen LogP contribution >= 0.6 is 11.8 Å². The van der Waals surface area contributed by atoms with Crippen LogP contribution in [0.4, 0.5) is 5.69 Å². The first-order valence-electron chi connectivity index (χ1n) is 9.51. The van der Waals surface area contributed by atoms with Crippen molar-refractivity contribution >= 4 is 23.4 Å². The molecule has 1 amide bonds. The molecule has 0 aliphatic carbocycles. The van der Waals surface area contributed by atoms with Crippen molar-refractivity contribution in [3.05, 3.63) is 59.7 Å². The van der Waals surface area contributed by atoms with Crippen molar-refractivity contribution in [2.24, 2.45) is 0 Å². The minimum absolute atomic E-state index is 0.0794. The zero-order valence-electron chi connectivity index (χ0n) is 17.4. The maximum absolute atomic E-state index is 12.5. The first-order valence-corrected chi connectivity index (χ1v) is 10.4. The Hall–Kier alpha value is -2.80. The van der Waals surface area contributed by atoms with Crippen molar-refractivity contribution in [2.75, 3.05) is 11.2 Å². The highest BCUT2D eigenvalue weighted by molar-refractivity contribution is 8.00. The van der Waals surface area contributed by atoms with Crippen molar-refractivity contribution in [2.45, 2.75) is 50.4 Å². The first kappa shape index (κ1) is 20.9. The number of aryl methyl sites for hydroxylation is 1. The minimum Gasteiger partial charge on any atom is -0.335 e. The summed E-state index contributed by atoms with van der Waals surface area (Å²) in [4.78, 5) is 12.5. The fraction of sp³-hybridized carbons (Fsp3) is 0.318. The van der Waals surface area contributed by atoms with Crippen LogP contribution in [-0.4, -0.2) is 26.0 Å². The number of hydrogen-bond acceptors (Lipinski definition) is 5. The quantitative estimate of drug-likeness (QED) is 0.482. The molecule has 3 rings (SSSR count). The molecule has 0 spiro atoms. The molecular weight excluding hydrogens is 382 g/mol. The molecule has 2 aromatic carbocycles. The van der Waals surface area contributed by atoms with Gasteiger partial charge < -0.3 is 11.2 Å². The number of nitrogen functional groups attached to an aromatic ring is 1. The number of aromatic nitrogens is 3. The smallest absolute Gasteiger partial charge is 0.237 e. The zero-order chi connectivity index (χ0) is 21.2. The Kier molecular flexibility index (Phi) is 5.98. The van der Waals surface area contributed by atoms with Crippen LogP contribution in [0.5, 0.6) is 0 Å². The van der Waals surface area contributed by atoms with Crippen LogP contribution in [0.25, 0.3) is 11.4 Å². The maximum atomic E-state index is 12.5. The van der Waals surface area contributed by atoms with Crippen LogP contribution < -0.4 is 11.2 Å². The molecule has 0 aliphatic heterocycles. The predicted octanol–water partition coefficient (Wildman–Crippen LogP) is 4.38. The Morgan fingerprint density at radius 1 is 1.14 bits per heavy atom. The Morgan fingerprint density at radius 2 is 1.83 bits per heavy atom. The van der Waals surface area contributed by atoms with E-state index < -0.39 is 0 Å². The molecule has 152 valence electrons. The van der Waals surface area contributed by atoms with Gasteiger partial charge in [0.05, 0.1) is 5.25 Å². The fourth-order valence-corrected chi connectivity index (χ4v) is 3.62. The highest BCUT2D eigenvalue weighted by atomic mass is 32.2. The van der Waals surface area contributed by atoms with E-state index >= 15 is 0 Å². The lowest BCUT2D eigenvalue weighted by Crippen LogP contribution is -2.23. The Morgan fingerprint density at radius 3 is 2.45 bits per heavy atom. The Balaban J connectivity index is 1.71. The normalized spacial score (nSPS) is 12.6. The summed E-state index contributed by atoms with van der Waals surface area (Å²) in [7, 11) is 0. The number of carbonyl (C=O) groups is 1. The summed E-state index contributed by atoms with van der Waals surface area (Å²) in [5, 5.41) is 11.4. The van der Waals surface area contributed by atoms with Gasteiger partial charge in [-0.15, -0.1) is 10.2 Å². The van der Waals surface area contributed by atoms with Gasteiger partial charge in [-0.1, -0.05) is 68.9 Å². The van der Waals surface area contributed by atoms with Gasteiger partial charge in [-0.2, -0.15) is 0 Å². The summed E-state index contributed by atoms with van der Waals surface area (Å²) in [6, 6.07) is 15.8. The minimum atomic E-state index is -0.377. The number of anilines is 1. The molecule has 6 nitrogen and oxygen atoms in total. The molecule has 0 saturated carbocycles. The predicted molar refractivity (Wildman–Crippen MR) is 119 cm³/mol. The highest BCUT2D eigenvalue weighted by Gasteiger charge is 2.20. The highest BCUT2D eigenvalue weighted by Crippen LogP contribution is 2.28. The monoisotopic (exact) mass is 409 g/mol. The molecule has 0 radical (unpaired) electrons. The van der Waals surface area contributed by atoms with E-state index in [0.29, 0.717) is 11.0 Å². The molecule has 29 heavy (non-hydrogen) atoms. The molecule has 1 heterocycles. The standard InChI is InChI=1S/C22H27N5OS/c1-14-7-6-8-18(13-14)24-20(28)15(2)29-21-26-25-19(27(21)23)16-9-11-17(12-10-16)22(3,4)5/h6-13,15H,23H2,1-5H3,(H,24,28)/t15-/m1/s1. The van der Waals surface area contributed by atoms with E-state index in [1.165, 1.54) is 22.0 Å². The second-order valence-electron chi connectivity index (χ2n) is 8.12. The number of amides is 1. The fourth-order valence-electron chi connectivity index (χ4n) is 2.85. The molecule has 3 aromatic rings. The number of thioether (sulfide) groups is 1. The van der Waals surface area contributed by atoms with Gasteiger partial charge in [-0.05, 0) is 42.5 Å². The molecule has 0 fully saturated rings. The van der Waals surface area contributed by atoms with Crippen LogP contribution in [0.3, 0.4) is 0 Å². The number of rotatable bonds is 5. The number of hydrogen-bond donors (Lipinski definition) is 2. The third-order valence-corrected chi connectivity index (χ3v) is 5.67. The average Bonchev–Trinajstić information content (AvgIpc) is 3.01. The second-order valence-corrected chi connectivity index (χ2v) is 9.43. The molecule has 3 N–H and O–H groups in total. The van der Waals surface area contributed by atoms with Gasteiger partial charge in [0, 0.05) is 11.3 Å². The first-order chi connectivity index (χ1) is 13.6. The number of nitrogens with one attached hydrogen (secondary N) is 1. The molecule has 0 aliphatic rings. The van der Waals surface area contributed by atoms with Gasteiger partial charge in [-0.3, -0.25) is 4.79 Å². The molecule has 1 atom stereocenters. The molecule has 1 aromatic heterocycles. The topological polar surface area (TPSA) is 85.8 Å². The number of nitrogens with two attached hydrogens (primary N) is 1. The van der Waals surface area contributed by atoms with Gasteiger partial charge >= 0.3 is 0 Å². The third-order valence-electron chi connectivity index (χ3n) is 4.61. The van der Waals surface area contributed by atoms with E-state index in [9.17, 15) is 4.79 Å². The van der Waals surface area contributed by atoms with Gasteiger partial charge in [0.2, 0.25) is 11.1 Å². The zero-order valence-corrected chi connectivity index (χ0v) is 18.2. The van der Waals surface area contributed by atoms with E-state index in [1.807, 2.05) is 50.2 Å². The lowest BCUT2D eigenvalue weighted by atomic mass is 9.87.